The monoisotopic (exact) mass is 294 g/mol. The molecule has 1 aromatic carbocycles. The molecule has 0 bridgehead atoms. The highest BCUT2D eigenvalue weighted by Crippen LogP contribution is 2.21. The smallest absolute Gasteiger partial charge is 0.407 e. The number of carbonyl (C=O) groups excluding carboxylic acids is 1. The van der Waals surface area contributed by atoms with E-state index in [-0.39, 0.29) is 13.0 Å². The fourth-order valence-electron chi connectivity index (χ4n) is 2.30. The summed E-state index contributed by atoms with van der Waals surface area (Å²) in [6.45, 7) is -4.86. The molecule has 1 atom stereocenters. The first kappa shape index (κ1) is 7.84. The summed E-state index contributed by atoms with van der Waals surface area (Å²) in [7, 11) is 1.34. The number of fused-ring (bicyclic) bond motifs is 1. The number of benzene rings is 1. The molecular formula is C16H21N3O2. The summed E-state index contributed by atoms with van der Waals surface area (Å²) in [4.78, 5) is 15.3. The van der Waals surface area contributed by atoms with E-state index in [2.05, 4.69) is 15.0 Å². The van der Waals surface area contributed by atoms with Crippen LogP contribution >= 0.6 is 0 Å². The van der Waals surface area contributed by atoms with Crippen LogP contribution in [0.3, 0.4) is 0 Å². The molecule has 3 rings (SSSR count). The Balaban J connectivity index is 1.89. The first-order chi connectivity index (χ1) is 12.8. The Labute approximate surface area is 134 Å². The number of carbonyl (C=O) groups is 1. The zero-order valence-corrected chi connectivity index (χ0v) is 11.6. The molecule has 1 aromatic heterocycles. The van der Waals surface area contributed by atoms with Crippen LogP contribution in [0.2, 0.25) is 0 Å². The third kappa shape index (κ3) is 3.19. The second-order valence-electron chi connectivity index (χ2n) is 5.02. The van der Waals surface area contributed by atoms with E-state index in [0.717, 1.165) is 4.90 Å². The summed E-state index contributed by atoms with van der Waals surface area (Å²) in [5, 5.41) is 3.01. The van der Waals surface area contributed by atoms with Crippen LogP contribution in [0.25, 0.3) is 10.9 Å². The van der Waals surface area contributed by atoms with Crippen molar-refractivity contribution in [3.63, 3.8) is 0 Å². The number of H-pyrrole nitrogens is 1. The molecule has 0 radical (unpaired) electrons. The fourth-order valence-corrected chi connectivity index (χ4v) is 2.30. The summed E-state index contributed by atoms with van der Waals surface area (Å²) in [5.74, 6) is 0. The van der Waals surface area contributed by atoms with Crippen molar-refractivity contribution in [1.29, 1.82) is 0 Å². The number of ether oxygens (including phenoxy) is 1. The molecule has 2 N–H and O–H groups in total. The Morgan fingerprint density at radius 2 is 2.52 bits per heavy atom. The van der Waals surface area contributed by atoms with Crippen molar-refractivity contribution in [3.8, 4) is 0 Å². The lowest BCUT2D eigenvalue weighted by Crippen LogP contribution is -2.28. The fraction of sp³-hybridized carbons (Fsp3) is 0.438. The van der Waals surface area contributed by atoms with Crippen LogP contribution in [0.5, 0.6) is 0 Å². The molecule has 2 aromatic rings. The second kappa shape index (κ2) is 5.77. The van der Waals surface area contributed by atoms with Crippen LogP contribution in [0.15, 0.2) is 24.4 Å². The Kier molecular flexibility index (Phi) is 2.16. The maximum atomic E-state index is 11.3. The minimum absolute atomic E-state index is 0.164. The number of likely N-dealkylation sites (N-methyl/N-ethyl adjacent to an activating group) is 1. The molecule has 1 saturated heterocycles. The van der Waals surface area contributed by atoms with Gasteiger partial charge in [-0.3, -0.25) is 0 Å². The van der Waals surface area contributed by atoms with Crippen LogP contribution in [-0.4, -0.2) is 49.1 Å². The van der Waals surface area contributed by atoms with Crippen molar-refractivity contribution < 1.29 is 19.1 Å². The number of amides is 1. The molecule has 0 unspecified atom stereocenters. The van der Waals surface area contributed by atoms with E-state index >= 15 is 0 Å². The lowest BCUT2D eigenvalue weighted by molar-refractivity contribution is 0.177. The Morgan fingerprint density at radius 1 is 1.62 bits per heavy atom. The molecule has 1 amide bonds. The van der Waals surface area contributed by atoms with Crippen LogP contribution in [-0.2, 0) is 17.5 Å². The molecule has 0 saturated carbocycles. The van der Waals surface area contributed by atoms with Crippen molar-refractivity contribution in [3.05, 3.63) is 35.5 Å². The van der Waals surface area contributed by atoms with Crippen LogP contribution in [0.4, 0.5) is 4.79 Å². The predicted octanol–water partition coefficient (Wildman–Crippen LogP) is 1.92. The van der Waals surface area contributed by atoms with Gasteiger partial charge in [0.2, 0.25) is 0 Å². The van der Waals surface area contributed by atoms with E-state index in [0.29, 0.717) is 22.0 Å². The highest BCUT2D eigenvalue weighted by atomic mass is 16.6. The standard InChI is InChI=1S/C16H21N3O2/c1-19(2)6-5-12-9-17-15-4-3-11(8-14(12)15)7-13-10-21-16(20)18-13/h3-4,8-9,13,17H,5-7,10H2,1-2H3,(H,18,20)/t13-/m0/s1/i1D3,5D2,10D2. The zero-order chi connectivity index (χ0) is 20.9. The number of hydrogen-bond acceptors (Lipinski definition) is 3. The number of alkyl carbamates (subject to hydrolysis) is 1. The lowest BCUT2D eigenvalue weighted by Gasteiger charge is -2.09. The van der Waals surface area contributed by atoms with Crippen molar-refractivity contribution >= 4 is 17.0 Å². The zero-order valence-electron chi connectivity index (χ0n) is 18.6. The van der Waals surface area contributed by atoms with Gasteiger partial charge in [0, 0.05) is 30.5 Å². The molecule has 1 aliphatic heterocycles. The number of nitrogens with zero attached hydrogens (tertiary/aromatic N) is 1. The maximum Gasteiger partial charge on any atom is 0.407 e. The summed E-state index contributed by atoms with van der Waals surface area (Å²) in [5.41, 5.74) is 1.68. The molecule has 1 aliphatic rings. The van der Waals surface area contributed by atoms with Gasteiger partial charge in [-0.2, -0.15) is 0 Å². The van der Waals surface area contributed by atoms with E-state index in [1.165, 1.54) is 13.2 Å². The van der Waals surface area contributed by atoms with Crippen molar-refractivity contribution in [2.75, 3.05) is 27.1 Å². The molecule has 5 heteroatoms. The van der Waals surface area contributed by atoms with Crippen LogP contribution < -0.4 is 5.32 Å². The molecule has 0 spiro atoms. The van der Waals surface area contributed by atoms with Gasteiger partial charge in [-0.25, -0.2) is 4.79 Å². The number of aromatic amines is 1. The third-order valence-corrected chi connectivity index (χ3v) is 3.28. The topological polar surface area (TPSA) is 57.4 Å². The van der Waals surface area contributed by atoms with Gasteiger partial charge in [0.05, 0.1) is 8.78 Å². The minimum atomic E-state index is -2.41. The average molecular weight is 294 g/mol. The van der Waals surface area contributed by atoms with Crippen molar-refractivity contribution in [2.24, 2.45) is 0 Å². The SMILES string of the molecule is [2H]C([2H])(CN(C)C([2H])([2H])[2H])c1c[nH]c2ccc(C[C@@H]3NC(=O)OC3([2H])[2H])cc12. The maximum absolute atomic E-state index is 11.3. The van der Waals surface area contributed by atoms with E-state index in [4.69, 9.17) is 9.60 Å². The molecule has 112 valence electrons. The van der Waals surface area contributed by atoms with E-state index in [9.17, 15) is 4.79 Å². The molecule has 0 aliphatic carbocycles. The largest absolute Gasteiger partial charge is 0.447 e. The average Bonchev–Trinajstić information content (AvgIpc) is 3.06. The predicted molar refractivity (Wildman–Crippen MR) is 82.5 cm³/mol. The molecule has 21 heavy (non-hydrogen) atoms. The highest BCUT2D eigenvalue weighted by Gasteiger charge is 2.22. The van der Waals surface area contributed by atoms with E-state index in [1.807, 2.05) is 0 Å². The summed E-state index contributed by atoms with van der Waals surface area (Å²) >= 11 is 0. The van der Waals surface area contributed by atoms with Gasteiger partial charge in [0.25, 0.3) is 0 Å². The number of aromatic nitrogens is 1. The van der Waals surface area contributed by atoms with Gasteiger partial charge in [0.1, 0.15) is 6.56 Å². The Hall–Kier alpha value is -2.01. The quantitative estimate of drug-likeness (QED) is 0.886. The van der Waals surface area contributed by atoms with Gasteiger partial charge < -0.3 is 19.9 Å². The number of nitrogens with one attached hydrogen (secondary N) is 2. The number of cyclic esters (lactones) is 1. The minimum Gasteiger partial charge on any atom is -0.447 e. The second-order valence-corrected chi connectivity index (χ2v) is 5.02. The summed E-state index contributed by atoms with van der Waals surface area (Å²) in [6, 6.07) is 4.35. The van der Waals surface area contributed by atoms with Crippen LogP contribution in [0, 0.1) is 0 Å². The third-order valence-electron chi connectivity index (χ3n) is 3.28. The molecule has 2 heterocycles. The van der Waals surface area contributed by atoms with Gasteiger partial charge >= 0.3 is 6.09 Å². The first-order valence-electron chi connectivity index (χ1n) is 10.1. The normalized spacial score (nSPS) is 26.9. The van der Waals surface area contributed by atoms with Crippen molar-refractivity contribution in [2.45, 2.75) is 18.8 Å². The lowest BCUT2D eigenvalue weighted by atomic mass is 10.0. The van der Waals surface area contributed by atoms with Crippen molar-refractivity contribution in [1.82, 2.24) is 15.2 Å². The van der Waals surface area contributed by atoms with E-state index in [1.54, 1.807) is 18.2 Å². The first-order valence-corrected chi connectivity index (χ1v) is 6.61. The van der Waals surface area contributed by atoms with Gasteiger partial charge in [-0.15, -0.1) is 0 Å². The molecular weight excluding hydrogens is 266 g/mol. The van der Waals surface area contributed by atoms with Gasteiger partial charge in [-0.05, 0) is 50.1 Å². The van der Waals surface area contributed by atoms with E-state index < -0.39 is 32.0 Å². The summed E-state index contributed by atoms with van der Waals surface area (Å²) in [6.07, 6.45) is -1.07. The summed E-state index contributed by atoms with van der Waals surface area (Å²) < 4.78 is 59.2. The number of hydrogen-bond donors (Lipinski definition) is 2. The van der Waals surface area contributed by atoms with Gasteiger partial charge in [-0.1, -0.05) is 6.07 Å². The molecule has 1 fully saturated rings. The van der Waals surface area contributed by atoms with Crippen LogP contribution in [0.1, 0.15) is 20.7 Å². The number of rotatable bonds is 5. The molecule has 5 nitrogen and oxygen atoms in total. The van der Waals surface area contributed by atoms with Gasteiger partial charge in [0.15, 0.2) is 0 Å². The highest BCUT2D eigenvalue weighted by molar-refractivity contribution is 5.84. The Morgan fingerprint density at radius 3 is 3.29 bits per heavy atom. The Bertz CT molecular complexity index is 894.